The fourth-order valence-corrected chi connectivity index (χ4v) is 1.95. The van der Waals surface area contributed by atoms with Gasteiger partial charge in [0.25, 0.3) is 5.56 Å². The number of hydrogen-bond acceptors (Lipinski definition) is 5. The van der Waals surface area contributed by atoms with Gasteiger partial charge in [-0.15, -0.1) is 5.11 Å². The summed E-state index contributed by atoms with van der Waals surface area (Å²) in [6.45, 7) is 1.53. The van der Waals surface area contributed by atoms with Crippen LogP contribution in [0.5, 0.6) is 5.88 Å². The van der Waals surface area contributed by atoms with Crippen molar-refractivity contribution in [1.82, 2.24) is 4.57 Å². The van der Waals surface area contributed by atoms with E-state index < -0.39 is 5.56 Å². The van der Waals surface area contributed by atoms with Crippen LogP contribution in [-0.4, -0.2) is 9.67 Å². The Hall–Kier alpha value is -2.65. The van der Waals surface area contributed by atoms with Gasteiger partial charge in [0.2, 0.25) is 5.88 Å². The first-order chi connectivity index (χ1) is 9.95. The molecule has 7 heteroatoms. The molecule has 0 spiro atoms. The largest absolute Gasteiger partial charge is 0.493 e. The molecule has 0 amide bonds. The predicted octanol–water partition coefficient (Wildman–Crippen LogP) is 3.34. The Balaban J connectivity index is 2.58. The average molecular weight is 303 g/mol. The summed E-state index contributed by atoms with van der Waals surface area (Å²) < 4.78 is 0.956. The van der Waals surface area contributed by atoms with Gasteiger partial charge >= 0.3 is 0 Å². The molecule has 21 heavy (non-hydrogen) atoms. The molecule has 0 aliphatic carbocycles. The van der Waals surface area contributed by atoms with Crippen LogP contribution in [0.3, 0.4) is 0 Å². The van der Waals surface area contributed by atoms with E-state index in [9.17, 15) is 9.90 Å². The van der Waals surface area contributed by atoms with Crippen molar-refractivity contribution in [2.45, 2.75) is 6.92 Å². The summed E-state index contributed by atoms with van der Waals surface area (Å²) in [6.07, 6.45) is 0. The summed E-state index contributed by atoms with van der Waals surface area (Å²) in [5.41, 5.74) is 0.234. The number of aromatic hydroxyl groups is 1. The van der Waals surface area contributed by atoms with E-state index in [4.69, 9.17) is 16.9 Å². The Kier molecular flexibility index (Phi) is 4.05. The molecule has 6 nitrogen and oxygen atoms in total. The number of nitriles is 1. The Morgan fingerprint density at radius 2 is 2.10 bits per heavy atom. The normalized spacial score (nSPS) is 10.8. The van der Waals surface area contributed by atoms with Gasteiger partial charge in [0.05, 0.1) is 5.69 Å². The number of azo groups is 1. The summed E-state index contributed by atoms with van der Waals surface area (Å²) in [5.74, 6) is -0.387. The zero-order valence-corrected chi connectivity index (χ0v) is 12.1. The quantitative estimate of drug-likeness (QED) is 0.862. The van der Waals surface area contributed by atoms with Gasteiger partial charge in [-0.3, -0.25) is 9.36 Å². The second-order valence-electron chi connectivity index (χ2n) is 4.33. The number of pyridine rings is 1. The number of nitrogens with zero attached hydrogens (tertiary/aromatic N) is 4. The van der Waals surface area contributed by atoms with Gasteiger partial charge in [-0.05, 0) is 25.1 Å². The third kappa shape index (κ3) is 2.78. The van der Waals surface area contributed by atoms with Crippen LogP contribution < -0.4 is 5.56 Å². The lowest BCUT2D eigenvalue weighted by Gasteiger charge is -2.08. The van der Waals surface area contributed by atoms with Crippen LogP contribution in [0.2, 0.25) is 5.02 Å². The van der Waals surface area contributed by atoms with Crippen LogP contribution >= 0.6 is 11.6 Å². The predicted molar refractivity (Wildman–Crippen MR) is 78.4 cm³/mol. The maximum Gasteiger partial charge on any atom is 0.281 e. The van der Waals surface area contributed by atoms with Crippen molar-refractivity contribution in [3.63, 3.8) is 0 Å². The van der Waals surface area contributed by atoms with Crippen molar-refractivity contribution in [3.05, 3.63) is 50.8 Å². The van der Waals surface area contributed by atoms with Gasteiger partial charge in [0.1, 0.15) is 11.6 Å². The van der Waals surface area contributed by atoms with Gasteiger partial charge in [-0.2, -0.15) is 10.4 Å². The van der Waals surface area contributed by atoms with Crippen LogP contribution in [0.4, 0.5) is 11.4 Å². The van der Waals surface area contributed by atoms with Crippen molar-refractivity contribution in [2.24, 2.45) is 17.3 Å². The molecule has 0 radical (unpaired) electrons. The molecule has 1 aromatic heterocycles. The summed E-state index contributed by atoms with van der Waals surface area (Å²) in [5, 5.41) is 27.1. The van der Waals surface area contributed by atoms with Crippen LogP contribution in [-0.2, 0) is 7.05 Å². The number of aromatic nitrogens is 1. The van der Waals surface area contributed by atoms with E-state index in [1.54, 1.807) is 24.3 Å². The van der Waals surface area contributed by atoms with E-state index in [0.29, 0.717) is 10.7 Å². The highest BCUT2D eigenvalue weighted by Gasteiger charge is 2.16. The summed E-state index contributed by atoms with van der Waals surface area (Å²) in [6, 6.07) is 8.52. The third-order valence-electron chi connectivity index (χ3n) is 2.96. The smallest absolute Gasteiger partial charge is 0.281 e. The lowest BCUT2D eigenvalue weighted by atomic mass is 10.1. The molecule has 1 aromatic carbocycles. The Labute approximate surface area is 125 Å². The summed E-state index contributed by atoms with van der Waals surface area (Å²) in [4.78, 5) is 12.1. The number of halogens is 1. The van der Waals surface area contributed by atoms with Gasteiger partial charge in [0.15, 0.2) is 5.69 Å². The number of rotatable bonds is 2. The first-order valence-corrected chi connectivity index (χ1v) is 6.33. The van der Waals surface area contributed by atoms with Crippen LogP contribution in [0.15, 0.2) is 39.3 Å². The first kappa shape index (κ1) is 14.8. The van der Waals surface area contributed by atoms with E-state index in [0.717, 1.165) is 4.57 Å². The van der Waals surface area contributed by atoms with Gasteiger partial charge in [-0.25, -0.2) is 0 Å². The van der Waals surface area contributed by atoms with Crippen LogP contribution in [0.1, 0.15) is 11.1 Å². The first-order valence-electron chi connectivity index (χ1n) is 5.95. The lowest BCUT2D eigenvalue weighted by molar-refractivity contribution is 0.421. The second kappa shape index (κ2) is 5.77. The lowest BCUT2D eigenvalue weighted by Crippen LogP contribution is -2.18. The fourth-order valence-electron chi connectivity index (χ4n) is 1.77. The monoisotopic (exact) mass is 302 g/mol. The van der Waals surface area contributed by atoms with Crippen molar-refractivity contribution < 1.29 is 5.11 Å². The molecule has 0 unspecified atom stereocenters. The summed E-state index contributed by atoms with van der Waals surface area (Å²) >= 11 is 5.84. The molecule has 2 aromatic rings. The molecule has 0 saturated carbocycles. The van der Waals surface area contributed by atoms with Crippen LogP contribution in [0, 0.1) is 18.3 Å². The molecule has 1 heterocycles. The molecule has 0 atom stereocenters. The molecule has 0 aliphatic rings. The number of benzene rings is 1. The maximum absolute atomic E-state index is 12.1. The van der Waals surface area contributed by atoms with E-state index >= 15 is 0 Å². The number of hydrogen-bond donors (Lipinski definition) is 1. The van der Waals surface area contributed by atoms with Crippen LogP contribution in [0.25, 0.3) is 0 Å². The standard InChI is InChI=1S/C14H11ClN4O2/c1-8-11(7-16)13(20)19(2)14(21)12(8)18-17-10-5-3-4-9(15)6-10/h3-6,20H,1-2H3. The van der Waals surface area contributed by atoms with Crippen molar-refractivity contribution in [1.29, 1.82) is 5.26 Å². The van der Waals surface area contributed by atoms with Crippen molar-refractivity contribution in [3.8, 4) is 11.9 Å². The average Bonchev–Trinajstić information content (AvgIpc) is 2.46. The van der Waals surface area contributed by atoms with Crippen molar-refractivity contribution >= 4 is 23.0 Å². The maximum atomic E-state index is 12.1. The Bertz CT molecular complexity index is 834. The second-order valence-corrected chi connectivity index (χ2v) is 4.76. The SMILES string of the molecule is Cc1c(C#N)c(O)n(C)c(=O)c1N=Nc1cccc(Cl)c1. The van der Waals surface area contributed by atoms with Gasteiger partial charge in [0, 0.05) is 17.6 Å². The van der Waals surface area contributed by atoms with E-state index in [-0.39, 0.29) is 22.7 Å². The topological polar surface area (TPSA) is 90.7 Å². The Morgan fingerprint density at radius 1 is 1.38 bits per heavy atom. The molecular formula is C14H11ClN4O2. The minimum atomic E-state index is -0.533. The fraction of sp³-hybridized carbons (Fsp3) is 0.143. The minimum Gasteiger partial charge on any atom is -0.493 e. The Morgan fingerprint density at radius 3 is 2.71 bits per heavy atom. The molecule has 2 rings (SSSR count). The zero-order chi connectivity index (χ0) is 15.6. The molecule has 0 saturated heterocycles. The molecule has 106 valence electrons. The minimum absolute atomic E-state index is 0.00264. The highest BCUT2D eigenvalue weighted by Crippen LogP contribution is 2.26. The third-order valence-corrected chi connectivity index (χ3v) is 3.20. The van der Waals surface area contributed by atoms with E-state index in [2.05, 4.69) is 10.2 Å². The molecule has 0 fully saturated rings. The van der Waals surface area contributed by atoms with Gasteiger partial charge < -0.3 is 5.11 Å². The highest BCUT2D eigenvalue weighted by molar-refractivity contribution is 6.30. The van der Waals surface area contributed by atoms with E-state index in [1.165, 1.54) is 14.0 Å². The van der Waals surface area contributed by atoms with Crippen molar-refractivity contribution in [2.75, 3.05) is 0 Å². The molecule has 1 N–H and O–H groups in total. The molecule has 0 aliphatic heterocycles. The zero-order valence-electron chi connectivity index (χ0n) is 11.3. The van der Waals surface area contributed by atoms with E-state index in [1.807, 2.05) is 6.07 Å². The molecule has 0 bridgehead atoms. The molecular weight excluding hydrogens is 292 g/mol. The van der Waals surface area contributed by atoms with Gasteiger partial charge in [-0.1, -0.05) is 17.7 Å². The summed E-state index contributed by atoms with van der Waals surface area (Å²) in [7, 11) is 1.36. The highest BCUT2D eigenvalue weighted by atomic mass is 35.5.